The molecule has 0 radical (unpaired) electrons. The summed E-state index contributed by atoms with van der Waals surface area (Å²) in [5.74, 6) is -1.45. The first-order chi connectivity index (χ1) is 10.5. The number of hydrogen-bond donors (Lipinski definition) is 2. The van der Waals surface area contributed by atoms with Crippen LogP contribution in [0.3, 0.4) is 0 Å². The zero-order valence-corrected chi connectivity index (χ0v) is 12.7. The van der Waals surface area contributed by atoms with Crippen LogP contribution in [0.2, 0.25) is 0 Å². The number of carbonyl (C=O) groups is 3. The predicted octanol–water partition coefficient (Wildman–Crippen LogP) is 1.63. The fourth-order valence-corrected chi connectivity index (χ4v) is 2.07. The van der Waals surface area contributed by atoms with Crippen molar-refractivity contribution in [3.63, 3.8) is 0 Å². The van der Waals surface area contributed by atoms with E-state index >= 15 is 0 Å². The molecule has 0 saturated heterocycles. The minimum atomic E-state index is -0.945. The summed E-state index contributed by atoms with van der Waals surface area (Å²) >= 11 is 1.14. The van der Waals surface area contributed by atoms with E-state index in [2.05, 4.69) is 14.8 Å². The Labute approximate surface area is 130 Å². The van der Waals surface area contributed by atoms with Crippen LogP contribution in [0.4, 0.5) is 10.5 Å². The maximum absolute atomic E-state index is 11.7. The molecule has 8 nitrogen and oxygen atoms in total. The third-order valence-electron chi connectivity index (χ3n) is 2.26. The van der Waals surface area contributed by atoms with Gasteiger partial charge in [0, 0.05) is 6.20 Å². The fourth-order valence-electron chi connectivity index (χ4n) is 1.30. The molecule has 2 N–H and O–H groups in total. The van der Waals surface area contributed by atoms with Crippen LogP contribution < -0.4 is 10.6 Å². The highest BCUT2D eigenvalue weighted by molar-refractivity contribution is 7.12. The summed E-state index contributed by atoms with van der Waals surface area (Å²) in [6.45, 7) is 1.68. The third kappa shape index (κ3) is 4.60. The number of rotatable bonds is 5. The molecule has 0 saturated carbocycles. The van der Waals surface area contributed by atoms with Gasteiger partial charge in [-0.25, -0.2) is 9.59 Å². The first-order valence-electron chi connectivity index (χ1n) is 6.04. The van der Waals surface area contributed by atoms with Gasteiger partial charge in [0.15, 0.2) is 0 Å². The summed E-state index contributed by atoms with van der Waals surface area (Å²) in [5, 5.41) is 15.1. The van der Waals surface area contributed by atoms with Crippen molar-refractivity contribution >= 4 is 35.0 Å². The van der Waals surface area contributed by atoms with Crippen LogP contribution >= 0.6 is 11.3 Å². The van der Waals surface area contributed by atoms with Crippen molar-refractivity contribution in [3.8, 4) is 6.07 Å². The number of nitrogens with one attached hydrogen (secondary N) is 2. The van der Waals surface area contributed by atoms with Crippen molar-refractivity contribution in [1.29, 1.82) is 5.26 Å². The van der Waals surface area contributed by atoms with Gasteiger partial charge in [-0.1, -0.05) is 0 Å². The normalized spacial score (nSPS) is 10.3. The number of esters is 1. The Bertz CT molecular complexity index is 644. The second-order valence-electron chi connectivity index (χ2n) is 3.64. The molecule has 0 aliphatic carbocycles. The number of carbonyl (C=O) groups excluding carboxylic acids is 3. The van der Waals surface area contributed by atoms with E-state index in [-0.39, 0.29) is 12.2 Å². The molecule has 0 atom stereocenters. The topological polar surface area (TPSA) is 118 Å². The van der Waals surface area contributed by atoms with Crippen molar-refractivity contribution in [1.82, 2.24) is 5.32 Å². The number of anilines is 1. The number of nitrogens with zero attached hydrogens (tertiary/aromatic N) is 1. The monoisotopic (exact) mass is 323 g/mol. The van der Waals surface area contributed by atoms with Crippen molar-refractivity contribution in [3.05, 3.63) is 28.1 Å². The zero-order valence-electron chi connectivity index (χ0n) is 11.8. The van der Waals surface area contributed by atoms with E-state index in [0.29, 0.717) is 10.6 Å². The van der Waals surface area contributed by atoms with Gasteiger partial charge in [-0.3, -0.25) is 10.1 Å². The van der Waals surface area contributed by atoms with E-state index in [9.17, 15) is 14.4 Å². The lowest BCUT2D eigenvalue weighted by molar-refractivity contribution is -0.116. The molecular weight excluding hydrogens is 310 g/mol. The maximum atomic E-state index is 11.7. The largest absolute Gasteiger partial charge is 0.465 e. The molecule has 0 spiro atoms. The Kier molecular flexibility index (Phi) is 6.59. The minimum Gasteiger partial charge on any atom is -0.465 e. The summed E-state index contributed by atoms with van der Waals surface area (Å²) < 4.78 is 9.14. The standard InChI is InChI=1S/C13H13N3O5S/c1-3-21-13(19)16-11(17)8(6-14)7-15-9-4-5-22-10(9)12(18)20-2/h4-5,7,15H,3H2,1-2H3,(H,16,17,19). The number of methoxy groups -OCH3 is 1. The number of nitriles is 1. The van der Waals surface area contributed by atoms with Gasteiger partial charge in [0.2, 0.25) is 0 Å². The van der Waals surface area contributed by atoms with Gasteiger partial charge in [0.1, 0.15) is 16.5 Å². The summed E-state index contributed by atoms with van der Waals surface area (Å²) in [6.07, 6.45) is 0.141. The van der Waals surface area contributed by atoms with Crippen LogP contribution in [0.25, 0.3) is 0 Å². The van der Waals surface area contributed by atoms with Gasteiger partial charge >= 0.3 is 12.1 Å². The quantitative estimate of drug-likeness (QED) is 0.480. The lowest BCUT2D eigenvalue weighted by atomic mass is 10.3. The number of hydrogen-bond acceptors (Lipinski definition) is 8. The molecule has 1 heterocycles. The molecule has 0 unspecified atom stereocenters. The van der Waals surface area contributed by atoms with Crippen molar-refractivity contribution < 1.29 is 23.9 Å². The van der Waals surface area contributed by atoms with E-state index < -0.39 is 18.0 Å². The second-order valence-corrected chi connectivity index (χ2v) is 4.56. The van der Waals surface area contributed by atoms with Crippen LogP contribution in [0.5, 0.6) is 0 Å². The molecule has 0 bridgehead atoms. The Hall–Kier alpha value is -2.86. The van der Waals surface area contributed by atoms with Crippen LogP contribution in [0.1, 0.15) is 16.6 Å². The molecule has 0 aromatic carbocycles. The SMILES string of the molecule is CCOC(=O)NC(=O)C(C#N)=CNc1ccsc1C(=O)OC. The van der Waals surface area contributed by atoms with Crippen molar-refractivity contribution in [2.75, 3.05) is 19.0 Å². The summed E-state index contributed by atoms with van der Waals surface area (Å²) in [5.41, 5.74) is 0.0311. The molecule has 1 rings (SSSR count). The first-order valence-corrected chi connectivity index (χ1v) is 6.92. The van der Waals surface area contributed by atoms with Gasteiger partial charge in [0.25, 0.3) is 5.91 Å². The molecule has 0 aliphatic heterocycles. The number of amides is 2. The average molecular weight is 323 g/mol. The van der Waals surface area contributed by atoms with Gasteiger partial charge in [-0.2, -0.15) is 5.26 Å². The molecule has 116 valence electrons. The smallest absolute Gasteiger partial charge is 0.414 e. The molecule has 1 aromatic heterocycles. The lowest BCUT2D eigenvalue weighted by Gasteiger charge is -2.04. The van der Waals surface area contributed by atoms with E-state index in [1.807, 2.05) is 5.32 Å². The Morgan fingerprint density at radius 3 is 2.77 bits per heavy atom. The molecular formula is C13H13N3O5S. The molecule has 9 heteroatoms. The number of thiophene rings is 1. The number of ether oxygens (including phenoxy) is 2. The second kappa shape index (κ2) is 8.43. The van der Waals surface area contributed by atoms with E-state index in [1.165, 1.54) is 7.11 Å². The number of alkyl carbamates (subject to hydrolysis) is 1. The van der Waals surface area contributed by atoms with Crippen LogP contribution in [0, 0.1) is 11.3 Å². The van der Waals surface area contributed by atoms with E-state index in [4.69, 9.17) is 5.26 Å². The van der Waals surface area contributed by atoms with Gasteiger partial charge in [0.05, 0.1) is 19.4 Å². The average Bonchev–Trinajstić information content (AvgIpc) is 2.95. The highest BCUT2D eigenvalue weighted by Gasteiger charge is 2.15. The Balaban J connectivity index is 2.80. The lowest BCUT2D eigenvalue weighted by Crippen LogP contribution is -2.32. The van der Waals surface area contributed by atoms with Crippen LogP contribution in [0.15, 0.2) is 23.2 Å². The summed E-state index contributed by atoms with van der Waals surface area (Å²) in [4.78, 5) is 34.6. The maximum Gasteiger partial charge on any atom is 0.414 e. The highest BCUT2D eigenvalue weighted by atomic mass is 32.1. The Morgan fingerprint density at radius 2 is 2.18 bits per heavy atom. The fraction of sp³-hybridized carbons (Fsp3) is 0.231. The van der Waals surface area contributed by atoms with Crippen LogP contribution in [-0.4, -0.2) is 31.7 Å². The third-order valence-corrected chi connectivity index (χ3v) is 3.16. The molecule has 2 amide bonds. The minimum absolute atomic E-state index is 0.0976. The van der Waals surface area contributed by atoms with Crippen molar-refractivity contribution in [2.24, 2.45) is 0 Å². The van der Waals surface area contributed by atoms with Gasteiger partial charge in [-0.15, -0.1) is 11.3 Å². The molecule has 1 aromatic rings. The van der Waals surface area contributed by atoms with Crippen LogP contribution in [-0.2, 0) is 14.3 Å². The van der Waals surface area contributed by atoms with E-state index in [1.54, 1.807) is 24.4 Å². The first kappa shape index (κ1) is 17.2. The molecule has 0 fully saturated rings. The zero-order chi connectivity index (χ0) is 16.5. The molecule has 22 heavy (non-hydrogen) atoms. The molecule has 0 aliphatic rings. The predicted molar refractivity (Wildman–Crippen MR) is 78.1 cm³/mol. The van der Waals surface area contributed by atoms with Gasteiger partial charge in [-0.05, 0) is 18.4 Å². The number of imide groups is 1. The summed E-state index contributed by atoms with van der Waals surface area (Å²) in [6, 6.07) is 3.23. The highest BCUT2D eigenvalue weighted by Crippen LogP contribution is 2.23. The van der Waals surface area contributed by atoms with Gasteiger partial charge < -0.3 is 14.8 Å². The van der Waals surface area contributed by atoms with E-state index in [0.717, 1.165) is 17.5 Å². The Morgan fingerprint density at radius 1 is 1.45 bits per heavy atom. The van der Waals surface area contributed by atoms with Crippen molar-refractivity contribution in [2.45, 2.75) is 6.92 Å². The summed E-state index contributed by atoms with van der Waals surface area (Å²) in [7, 11) is 1.25.